The normalized spacial score (nSPS) is 12.9. The van der Waals surface area contributed by atoms with Crippen molar-refractivity contribution in [3.05, 3.63) is 33.5 Å². The Kier molecular flexibility index (Phi) is 5.32. The average molecular weight is 366 g/mol. The van der Waals surface area contributed by atoms with E-state index in [1.54, 1.807) is 6.07 Å². The molecule has 1 nitrogen and oxygen atoms in total. The van der Waals surface area contributed by atoms with E-state index < -0.39 is 0 Å². The topological polar surface area (TPSA) is 17.1 Å². The van der Waals surface area contributed by atoms with Crippen molar-refractivity contribution in [3.8, 4) is 0 Å². The van der Waals surface area contributed by atoms with E-state index in [0.717, 1.165) is 11.1 Å². The highest BCUT2D eigenvalue weighted by Gasteiger charge is 2.19. The number of halogens is 3. The van der Waals surface area contributed by atoms with E-state index in [2.05, 4.69) is 31.9 Å². The Morgan fingerprint density at radius 3 is 2.53 bits per heavy atom. The van der Waals surface area contributed by atoms with Crippen molar-refractivity contribution >= 4 is 37.6 Å². The van der Waals surface area contributed by atoms with Gasteiger partial charge in [-0.2, -0.15) is 0 Å². The SMILES string of the molecule is Cc1cc(F)c(Br)cc1CC(Br)C(=O)C(C)C. The van der Waals surface area contributed by atoms with Crippen LogP contribution < -0.4 is 0 Å². The summed E-state index contributed by atoms with van der Waals surface area (Å²) in [5, 5.41) is 0. The van der Waals surface area contributed by atoms with Crippen molar-refractivity contribution in [3.63, 3.8) is 0 Å². The largest absolute Gasteiger partial charge is 0.298 e. The first-order valence-corrected chi connectivity index (χ1v) is 7.16. The van der Waals surface area contributed by atoms with Crippen LogP contribution >= 0.6 is 31.9 Å². The summed E-state index contributed by atoms with van der Waals surface area (Å²) in [5.41, 5.74) is 1.85. The molecule has 0 fully saturated rings. The van der Waals surface area contributed by atoms with Gasteiger partial charge in [0.1, 0.15) is 11.6 Å². The molecule has 0 aliphatic carbocycles. The molecule has 17 heavy (non-hydrogen) atoms. The lowest BCUT2D eigenvalue weighted by molar-refractivity contribution is -0.121. The van der Waals surface area contributed by atoms with Crippen LogP contribution in [-0.4, -0.2) is 10.6 Å². The Morgan fingerprint density at radius 2 is 2.00 bits per heavy atom. The van der Waals surface area contributed by atoms with Gasteiger partial charge in [-0.05, 0) is 52.5 Å². The maximum Gasteiger partial charge on any atom is 0.149 e. The molecule has 0 bridgehead atoms. The Labute approximate surface area is 118 Å². The van der Waals surface area contributed by atoms with Crippen molar-refractivity contribution in [2.24, 2.45) is 5.92 Å². The molecule has 1 aromatic carbocycles. The van der Waals surface area contributed by atoms with Crippen molar-refractivity contribution in [2.45, 2.75) is 32.0 Å². The maximum atomic E-state index is 13.3. The molecule has 0 aliphatic heterocycles. The number of benzene rings is 1. The molecule has 0 heterocycles. The molecule has 1 rings (SSSR count). The molecular formula is C13H15Br2FO. The zero-order valence-electron chi connectivity index (χ0n) is 10.1. The van der Waals surface area contributed by atoms with Crippen LogP contribution in [0.3, 0.4) is 0 Å². The molecular weight excluding hydrogens is 351 g/mol. The van der Waals surface area contributed by atoms with Gasteiger partial charge in [0.2, 0.25) is 0 Å². The molecule has 0 aliphatic rings. The molecule has 1 atom stereocenters. The molecule has 1 unspecified atom stereocenters. The number of rotatable bonds is 4. The number of aryl methyl sites for hydroxylation is 1. The maximum absolute atomic E-state index is 13.3. The van der Waals surface area contributed by atoms with Gasteiger partial charge in [0, 0.05) is 5.92 Å². The fraction of sp³-hybridized carbons (Fsp3) is 0.462. The summed E-state index contributed by atoms with van der Waals surface area (Å²) in [4.78, 5) is 11.6. The number of ketones is 1. The van der Waals surface area contributed by atoms with Gasteiger partial charge < -0.3 is 0 Å². The number of carbonyl (C=O) groups excluding carboxylic acids is 1. The van der Waals surface area contributed by atoms with Crippen LogP contribution in [0.25, 0.3) is 0 Å². The Morgan fingerprint density at radius 1 is 1.41 bits per heavy atom. The molecule has 0 saturated heterocycles. The lowest BCUT2D eigenvalue weighted by Gasteiger charge is -2.13. The first kappa shape index (κ1) is 14.8. The average Bonchev–Trinajstić information content (AvgIpc) is 2.24. The monoisotopic (exact) mass is 364 g/mol. The second-order valence-electron chi connectivity index (χ2n) is 4.42. The Bertz CT molecular complexity index is 430. The van der Waals surface area contributed by atoms with E-state index >= 15 is 0 Å². The van der Waals surface area contributed by atoms with Gasteiger partial charge in [-0.15, -0.1) is 0 Å². The third-order valence-corrected chi connectivity index (χ3v) is 4.04. The minimum Gasteiger partial charge on any atom is -0.298 e. The van der Waals surface area contributed by atoms with Crippen LogP contribution in [0, 0.1) is 18.7 Å². The molecule has 94 valence electrons. The lowest BCUT2D eigenvalue weighted by Crippen LogP contribution is -2.22. The number of hydrogen-bond donors (Lipinski definition) is 0. The fourth-order valence-corrected chi connectivity index (χ4v) is 2.83. The van der Waals surface area contributed by atoms with Crippen LogP contribution in [0.15, 0.2) is 16.6 Å². The number of carbonyl (C=O) groups is 1. The fourth-order valence-electron chi connectivity index (χ4n) is 1.56. The molecule has 4 heteroatoms. The van der Waals surface area contributed by atoms with Gasteiger partial charge in [0.25, 0.3) is 0 Å². The summed E-state index contributed by atoms with van der Waals surface area (Å²) >= 11 is 6.56. The van der Waals surface area contributed by atoms with Crippen molar-refractivity contribution < 1.29 is 9.18 Å². The van der Waals surface area contributed by atoms with E-state index in [1.807, 2.05) is 20.8 Å². The molecule has 0 radical (unpaired) electrons. The van der Waals surface area contributed by atoms with Gasteiger partial charge >= 0.3 is 0 Å². The van der Waals surface area contributed by atoms with Crippen molar-refractivity contribution in [2.75, 3.05) is 0 Å². The molecule has 0 aromatic heterocycles. The second kappa shape index (κ2) is 6.10. The number of alkyl halides is 1. The minimum atomic E-state index is -0.271. The third kappa shape index (κ3) is 3.88. The summed E-state index contributed by atoms with van der Waals surface area (Å²) in [7, 11) is 0. The molecule has 0 saturated carbocycles. The molecule has 0 N–H and O–H groups in total. The number of Topliss-reactive ketones (excluding diaryl/α,β-unsaturated/α-hetero) is 1. The summed E-state index contributed by atoms with van der Waals surface area (Å²) < 4.78 is 13.7. The van der Waals surface area contributed by atoms with Gasteiger partial charge in [0.15, 0.2) is 0 Å². The quantitative estimate of drug-likeness (QED) is 0.721. The smallest absolute Gasteiger partial charge is 0.149 e. The van der Waals surface area contributed by atoms with E-state index in [4.69, 9.17) is 0 Å². The highest BCUT2D eigenvalue weighted by atomic mass is 79.9. The standard InChI is InChI=1S/C13H15Br2FO/c1-7(2)13(17)11(15)6-9-5-10(14)12(16)4-8(9)3/h4-5,7,11H,6H2,1-3H3. The minimum absolute atomic E-state index is 0.00331. The van der Waals surface area contributed by atoms with Crippen LogP contribution in [0.1, 0.15) is 25.0 Å². The summed E-state index contributed by atoms with van der Waals surface area (Å²) in [6, 6.07) is 3.23. The van der Waals surface area contributed by atoms with E-state index in [9.17, 15) is 9.18 Å². The second-order valence-corrected chi connectivity index (χ2v) is 6.38. The van der Waals surface area contributed by atoms with Crippen LogP contribution in [-0.2, 0) is 11.2 Å². The van der Waals surface area contributed by atoms with E-state index in [0.29, 0.717) is 10.9 Å². The highest BCUT2D eigenvalue weighted by Crippen LogP contribution is 2.23. The van der Waals surface area contributed by atoms with E-state index in [1.165, 1.54) is 6.07 Å². The van der Waals surface area contributed by atoms with Crippen LogP contribution in [0.5, 0.6) is 0 Å². The zero-order valence-corrected chi connectivity index (χ0v) is 13.2. The first-order valence-electron chi connectivity index (χ1n) is 5.45. The van der Waals surface area contributed by atoms with Gasteiger partial charge in [0.05, 0.1) is 9.30 Å². The first-order chi connectivity index (χ1) is 7.82. The van der Waals surface area contributed by atoms with Gasteiger partial charge in [-0.3, -0.25) is 4.79 Å². The Balaban J connectivity index is 2.89. The Hall–Kier alpha value is -0.220. The lowest BCUT2D eigenvalue weighted by atomic mass is 9.98. The molecule has 0 spiro atoms. The van der Waals surface area contributed by atoms with Crippen LogP contribution in [0.2, 0.25) is 0 Å². The van der Waals surface area contributed by atoms with Crippen LogP contribution in [0.4, 0.5) is 4.39 Å². The van der Waals surface area contributed by atoms with Gasteiger partial charge in [-0.25, -0.2) is 4.39 Å². The third-order valence-electron chi connectivity index (χ3n) is 2.66. The summed E-state index contributed by atoms with van der Waals surface area (Å²) in [6.45, 7) is 5.61. The van der Waals surface area contributed by atoms with E-state index in [-0.39, 0.29) is 22.3 Å². The zero-order chi connectivity index (χ0) is 13.2. The highest BCUT2D eigenvalue weighted by molar-refractivity contribution is 9.10. The summed E-state index contributed by atoms with van der Waals surface area (Å²) in [6.07, 6.45) is 0.585. The van der Waals surface area contributed by atoms with Crippen molar-refractivity contribution in [1.82, 2.24) is 0 Å². The predicted molar refractivity (Wildman–Crippen MR) is 75.1 cm³/mol. The van der Waals surface area contributed by atoms with Crippen molar-refractivity contribution in [1.29, 1.82) is 0 Å². The molecule has 0 amide bonds. The van der Waals surface area contributed by atoms with Gasteiger partial charge in [-0.1, -0.05) is 29.8 Å². The number of hydrogen-bond acceptors (Lipinski definition) is 1. The summed E-state index contributed by atoms with van der Waals surface area (Å²) in [5.74, 6) is -0.0963. The molecule has 1 aromatic rings. The predicted octanol–water partition coefficient (Wildman–Crippen LogP) is 4.43.